The van der Waals surface area contributed by atoms with E-state index < -0.39 is 5.97 Å². The highest BCUT2D eigenvalue weighted by Gasteiger charge is 2.07. The normalized spacial score (nSPS) is 10.4. The van der Waals surface area contributed by atoms with Crippen molar-refractivity contribution in [3.05, 3.63) is 47.0 Å². The standard InChI is InChI=1S/C11H7ClO2/c12-8-5-4-7-2-1-3-9(11(13)14)10(7)6-8/h1-6H,(H,13,14). The van der Waals surface area contributed by atoms with Gasteiger partial charge in [-0.05, 0) is 29.0 Å². The van der Waals surface area contributed by atoms with E-state index in [0.29, 0.717) is 10.4 Å². The predicted molar refractivity (Wildman–Crippen MR) is 55.9 cm³/mol. The molecule has 0 bridgehead atoms. The van der Waals surface area contributed by atoms with Crippen molar-refractivity contribution in [2.24, 2.45) is 0 Å². The largest absolute Gasteiger partial charge is 0.478 e. The number of fused-ring (bicyclic) bond motifs is 1. The summed E-state index contributed by atoms with van der Waals surface area (Å²) in [5.41, 5.74) is 0.282. The molecule has 0 radical (unpaired) electrons. The fraction of sp³-hybridized carbons (Fsp3) is 0. The number of carboxylic acid groups (broad SMARTS) is 1. The molecule has 2 nitrogen and oxygen atoms in total. The summed E-state index contributed by atoms with van der Waals surface area (Å²) in [6.45, 7) is 0. The summed E-state index contributed by atoms with van der Waals surface area (Å²) in [4.78, 5) is 10.9. The Labute approximate surface area is 85.7 Å². The van der Waals surface area contributed by atoms with Crippen LogP contribution in [0.1, 0.15) is 10.4 Å². The molecule has 2 aromatic rings. The van der Waals surface area contributed by atoms with Crippen LogP contribution in [0, 0.1) is 0 Å². The number of hydrogen-bond donors (Lipinski definition) is 1. The quantitative estimate of drug-likeness (QED) is 0.778. The van der Waals surface area contributed by atoms with Gasteiger partial charge in [0.25, 0.3) is 0 Å². The van der Waals surface area contributed by atoms with Gasteiger partial charge in [-0.3, -0.25) is 0 Å². The Kier molecular flexibility index (Phi) is 2.14. The third-order valence-corrected chi connectivity index (χ3v) is 2.31. The third-order valence-electron chi connectivity index (χ3n) is 2.07. The maximum absolute atomic E-state index is 10.9. The van der Waals surface area contributed by atoms with Crippen molar-refractivity contribution < 1.29 is 9.90 Å². The summed E-state index contributed by atoms with van der Waals surface area (Å²) in [6, 6.07) is 10.4. The Hall–Kier alpha value is -1.54. The Morgan fingerprint density at radius 3 is 2.71 bits per heavy atom. The Morgan fingerprint density at radius 1 is 1.21 bits per heavy atom. The summed E-state index contributed by atoms with van der Waals surface area (Å²) < 4.78 is 0. The Bertz CT molecular complexity index is 506. The molecular weight excluding hydrogens is 200 g/mol. The predicted octanol–water partition coefficient (Wildman–Crippen LogP) is 3.19. The Morgan fingerprint density at radius 2 is 2.00 bits per heavy atom. The molecular formula is C11H7ClO2. The average Bonchev–Trinajstić information content (AvgIpc) is 2.16. The van der Waals surface area contributed by atoms with E-state index in [9.17, 15) is 4.79 Å². The second kappa shape index (κ2) is 3.31. The first-order chi connectivity index (χ1) is 6.68. The first kappa shape index (κ1) is 9.03. The molecule has 70 valence electrons. The summed E-state index contributed by atoms with van der Waals surface area (Å²) in [5.74, 6) is -0.933. The first-order valence-corrected chi connectivity index (χ1v) is 4.48. The number of hydrogen-bond acceptors (Lipinski definition) is 1. The molecule has 14 heavy (non-hydrogen) atoms. The van der Waals surface area contributed by atoms with Gasteiger partial charge in [-0.2, -0.15) is 0 Å². The van der Waals surface area contributed by atoms with E-state index >= 15 is 0 Å². The van der Waals surface area contributed by atoms with Gasteiger partial charge < -0.3 is 5.11 Å². The van der Waals surface area contributed by atoms with Gasteiger partial charge in [0, 0.05) is 5.02 Å². The van der Waals surface area contributed by atoms with Crippen LogP contribution in [0.25, 0.3) is 10.8 Å². The molecule has 2 aromatic carbocycles. The molecule has 0 heterocycles. The van der Waals surface area contributed by atoms with Gasteiger partial charge in [-0.25, -0.2) is 4.79 Å². The molecule has 0 aliphatic rings. The summed E-state index contributed by atoms with van der Waals surface area (Å²) in [5, 5.41) is 11.0. The fourth-order valence-corrected chi connectivity index (χ4v) is 1.60. The van der Waals surface area contributed by atoms with Crippen molar-refractivity contribution in [2.75, 3.05) is 0 Å². The zero-order chi connectivity index (χ0) is 10.1. The van der Waals surface area contributed by atoms with E-state index in [1.807, 2.05) is 12.1 Å². The van der Waals surface area contributed by atoms with Crippen LogP contribution in [0.5, 0.6) is 0 Å². The zero-order valence-corrected chi connectivity index (χ0v) is 7.95. The number of carbonyl (C=O) groups is 1. The molecule has 0 spiro atoms. The second-order valence-corrected chi connectivity index (χ2v) is 3.41. The van der Waals surface area contributed by atoms with E-state index in [0.717, 1.165) is 5.39 Å². The molecule has 3 heteroatoms. The maximum Gasteiger partial charge on any atom is 0.336 e. The number of halogens is 1. The monoisotopic (exact) mass is 206 g/mol. The van der Waals surface area contributed by atoms with Crippen LogP contribution in [-0.2, 0) is 0 Å². The lowest BCUT2D eigenvalue weighted by Crippen LogP contribution is -1.96. The molecule has 0 unspecified atom stereocenters. The SMILES string of the molecule is O=C(O)c1cccc2ccc(Cl)cc12. The van der Waals surface area contributed by atoms with Gasteiger partial charge in [0.2, 0.25) is 0 Å². The Balaban J connectivity index is 2.84. The van der Waals surface area contributed by atoms with Crippen LogP contribution in [0.4, 0.5) is 0 Å². The summed E-state index contributed by atoms with van der Waals surface area (Å²) in [7, 11) is 0. The maximum atomic E-state index is 10.9. The van der Waals surface area contributed by atoms with Crippen LogP contribution >= 0.6 is 11.6 Å². The van der Waals surface area contributed by atoms with E-state index in [2.05, 4.69) is 0 Å². The highest BCUT2D eigenvalue weighted by molar-refractivity contribution is 6.31. The van der Waals surface area contributed by atoms with E-state index in [1.54, 1.807) is 24.3 Å². The van der Waals surface area contributed by atoms with Crippen molar-refractivity contribution in [3.8, 4) is 0 Å². The third kappa shape index (κ3) is 1.44. The van der Waals surface area contributed by atoms with Crippen molar-refractivity contribution >= 4 is 28.3 Å². The second-order valence-electron chi connectivity index (χ2n) is 2.98. The van der Waals surface area contributed by atoms with E-state index in [4.69, 9.17) is 16.7 Å². The first-order valence-electron chi connectivity index (χ1n) is 4.10. The molecule has 0 fully saturated rings. The molecule has 0 aliphatic heterocycles. The number of rotatable bonds is 1. The topological polar surface area (TPSA) is 37.3 Å². The number of carboxylic acids is 1. The number of aromatic carboxylic acids is 1. The smallest absolute Gasteiger partial charge is 0.336 e. The summed E-state index contributed by atoms with van der Waals surface area (Å²) in [6.07, 6.45) is 0. The highest BCUT2D eigenvalue weighted by Crippen LogP contribution is 2.22. The van der Waals surface area contributed by atoms with E-state index in [1.165, 1.54) is 0 Å². The molecule has 0 saturated heterocycles. The number of benzene rings is 2. The zero-order valence-electron chi connectivity index (χ0n) is 7.20. The van der Waals surface area contributed by atoms with E-state index in [-0.39, 0.29) is 5.56 Å². The molecule has 1 N–H and O–H groups in total. The minimum atomic E-state index is -0.933. The van der Waals surface area contributed by atoms with Gasteiger partial charge in [-0.15, -0.1) is 0 Å². The van der Waals surface area contributed by atoms with Crippen LogP contribution in [-0.4, -0.2) is 11.1 Å². The van der Waals surface area contributed by atoms with Gasteiger partial charge >= 0.3 is 5.97 Å². The molecule has 0 aromatic heterocycles. The minimum absolute atomic E-state index is 0.282. The minimum Gasteiger partial charge on any atom is -0.478 e. The fourth-order valence-electron chi connectivity index (χ4n) is 1.43. The van der Waals surface area contributed by atoms with Gasteiger partial charge in [0.05, 0.1) is 5.56 Å². The van der Waals surface area contributed by atoms with Crippen LogP contribution in [0.3, 0.4) is 0 Å². The van der Waals surface area contributed by atoms with Crippen molar-refractivity contribution in [1.29, 1.82) is 0 Å². The molecule has 2 rings (SSSR count). The van der Waals surface area contributed by atoms with Gasteiger partial charge in [0.1, 0.15) is 0 Å². The molecule has 0 saturated carbocycles. The lowest BCUT2D eigenvalue weighted by atomic mass is 10.1. The molecule has 0 atom stereocenters. The van der Waals surface area contributed by atoms with Crippen LogP contribution in [0.15, 0.2) is 36.4 Å². The van der Waals surface area contributed by atoms with Crippen LogP contribution < -0.4 is 0 Å². The van der Waals surface area contributed by atoms with Crippen molar-refractivity contribution in [1.82, 2.24) is 0 Å². The van der Waals surface area contributed by atoms with Gasteiger partial charge in [-0.1, -0.05) is 29.8 Å². The van der Waals surface area contributed by atoms with Crippen molar-refractivity contribution in [3.63, 3.8) is 0 Å². The van der Waals surface area contributed by atoms with Crippen molar-refractivity contribution in [2.45, 2.75) is 0 Å². The molecule has 0 amide bonds. The lowest BCUT2D eigenvalue weighted by Gasteiger charge is -2.02. The lowest BCUT2D eigenvalue weighted by molar-refractivity contribution is 0.0699. The summed E-state index contributed by atoms with van der Waals surface area (Å²) >= 11 is 5.80. The van der Waals surface area contributed by atoms with Crippen LogP contribution in [0.2, 0.25) is 5.02 Å². The molecule has 0 aliphatic carbocycles. The van der Waals surface area contributed by atoms with Gasteiger partial charge in [0.15, 0.2) is 0 Å². The average molecular weight is 207 g/mol. The highest BCUT2D eigenvalue weighted by atomic mass is 35.5.